The third kappa shape index (κ3) is 3.88. The molecule has 2 unspecified atom stereocenters. The van der Waals surface area contributed by atoms with E-state index in [2.05, 4.69) is 15.6 Å². The quantitative estimate of drug-likeness (QED) is 0.786. The molecule has 0 saturated heterocycles. The van der Waals surface area contributed by atoms with Crippen molar-refractivity contribution in [3.63, 3.8) is 0 Å². The fourth-order valence-electron chi connectivity index (χ4n) is 3.13. The molecule has 1 aliphatic rings. The summed E-state index contributed by atoms with van der Waals surface area (Å²) in [5.74, 6) is -0.331. The van der Waals surface area contributed by atoms with Crippen molar-refractivity contribution in [1.82, 2.24) is 10.3 Å². The molecule has 2 N–H and O–H groups in total. The Kier molecular flexibility index (Phi) is 4.88. The Morgan fingerprint density at radius 3 is 2.60 bits per heavy atom. The second-order valence-electron chi connectivity index (χ2n) is 6.01. The van der Waals surface area contributed by atoms with Crippen LogP contribution in [0.25, 0.3) is 0 Å². The number of anilines is 1. The van der Waals surface area contributed by atoms with E-state index in [1.807, 2.05) is 0 Å². The van der Waals surface area contributed by atoms with Crippen molar-refractivity contribution in [2.75, 3.05) is 12.4 Å². The monoisotopic (exact) mass is 373 g/mol. The zero-order valence-electron chi connectivity index (χ0n) is 13.3. The van der Waals surface area contributed by atoms with E-state index in [1.54, 1.807) is 12.1 Å². The van der Waals surface area contributed by atoms with Gasteiger partial charge < -0.3 is 10.6 Å². The van der Waals surface area contributed by atoms with Crippen molar-refractivity contribution < 1.29 is 17.6 Å². The molecule has 1 heterocycles. The number of pyridine rings is 1. The third-order valence-corrected chi connectivity index (χ3v) is 4.46. The van der Waals surface area contributed by atoms with E-state index in [4.69, 9.17) is 11.6 Å². The number of nitrogens with one attached hydrogen (secondary N) is 2. The van der Waals surface area contributed by atoms with Crippen molar-refractivity contribution >= 4 is 17.3 Å². The molecule has 1 aromatic carbocycles. The van der Waals surface area contributed by atoms with E-state index < -0.39 is 12.2 Å². The molecular formula is C17H16ClF4N3. The number of hydrogen-bond donors (Lipinski definition) is 2. The first-order valence-corrected chi connectivity index (χ1v) is 8.09. The zero-order valence-corrected chi connectivity index (χ0v) is 14.0. The van der Waals surface area contributed by atoms with Gasteiger partial charge in [-0.15, -0.1) is 0 Å². The van der Waals surface area contributed by atoms with Crippen LogP contribution in [0.2, 0.25) is 5.02 Å². The molecule has 0 spiro atoms. The summed E-state index contributed by atoms with van der Waals surface area (Å²) < 4.78 is 52.6. The molecule has 0 saturated carbocycles. The van der Waals surface area contributed by atoms with Gasteiger partial charge in [0.1, 0.15) is 11.9 Å². The molecule has 8 heteroatoms. The van der Waals surface area contributed by atoms with Gasteiger partial charge in [0.05, 0.1) is 17.6 Å². The SMILES string of the molecule is CNC(c1ccc(NC2Cc3cc(Cl)cc(F)c3C2)cn1)C(F)(F)F. The minimum Gasteiger partial charge on any atom is -0.380 e. The standard InChI is InChI=1S/C17H16ClF4N3/c1-23-16(17(20,21)22)15-3-2-11(8-24-15)25-12-5-9-4-10(18)6-14(19)13(9)7-12/h2-4,6,8,12,16,23,25H,5,7H2,1H3. The van der Waals surface area contributed by atoms with Crippen molar-refractivity contribution in [2.24, 2.45) is 0 Å². The van der Waals surface area contributed by atoms with Crippen molar-refractivity contribution in [2.45, 2.75) is 31.1 Å². The number of alkyl halides is 3. The fraction of sp³-hybridized carbons (Fsp3) is 0.353. The van der Waals surface area contributed by atoms with E-state index in [0.717, 1.165) is 5.56 Å². The van der Waals surface area contributed by atoms with Crippen LogP contribution in [0.4, 0.5) is 23.2 Å². The summed E-state index contributed by atoms with van der Waals surface area (Å²) in [6, 6.07) is 4.03. The highest BCUT2D eigenvalue weighted by Crippen LogP contribution is 2.32. The number of aromatic nitrogens is 1. The molecule has 3 nitrogen and oxygen atoms in total. The molecule has 1 aromatic heterocycles. The summed E-state index contributed by atoms with van der Waals surface area (Å²) >= 11 is 5.87. The summed E-state index contributed by atoms with van der Waals surface area (Å²) in [7, 11) is 1.24. The Labute approximate surface area is 147 Å². The van der Waals surface area contributed by atoms with Gasteiger partial charge in [0, 0.05) is 11.1 Å². The van der Waals surface area contributed by atoms with Crippen LogP contribution in [-0.2, 0) is 12.8 Å². The average molecular weight is 374 g/mol. The predicted octanol–water partition coefficient (Wildman–Crippen LogP) is 4.28. The second kappa shape index (κ2) is 6.80. The molecular weight excluding hydrogens is 358 g/mol. The van der Waals surface area contributed by atoms with E-state index in [-0.39, 0.29) is 17.6 Å². The summed E-state index contributed by atoms with van der Waals surface area (Å²) in [6.07, 6.45) is -1.98. The lowest BCUT2D eigenvalue weighted by Crippen LogP contribution is -2.32. The molecule has 134 valence electrons. The maximum Gasteiger partial charge on any atom is 0.409 e. The minimum atomic E-state index is -4.42. The van der Waals surface area contributed by atoms with E-state index in [0.29, 0.717) is 29.1 Å². The molecule has 1 aliphatic carbocycles. The maximum atomic E-state index is 13.9. The number of rotatable bonds is 4. The maximum absolute atomic E-state index is 13.9. The number of fused-ring (bicyclic) bond motifs is 1. The van der Waals surface area contributed by atoms with Crippen LogP contribution in [0, 0.1) is 5.82 Å². The highest BCUT2D eigenvalue weighted by atomic mass is 35.5. The predicted molar refractivity (Wildman–Crippen MR) is 88.3 cm³/mol. The number of benzene rings is 1. The van der Waals surface area contributed by atoms with Crippen molar-refractivity contribution in [1.29, 1.82) is 0 Å². The van der Waals surface area contributed by atoms with Crippen LogP contribution in [0.5, 0.6) is 0 Å². The molecule has 2 aromatic rings. The lowest BCUT2D eigenvalue weighted by molar-refractivity contribution is -0.157. The highest BCUT2D eigenvalue weighted by molar-refractivity contribution is 6.30. The van der Waals surface area contributed by atoms with Crippen LogP contribution < -0.4 is 10.6 Å². The topological polar surface area (TPSA) is 37.0 Å². The number of hydrogen-bond acceptors (Lipinski definition) is 3. The van der Waals surface area contributed by atoms with Gasteiger partial charge in [-0.3, -0.25) is 4.98 Å². The molecule has 0 radical (unpaired) electrons. The summed E-state index contributed by atoms with van der Waals surface area (Å²) in [5.41, 5.74) is 1.95. The van der Waals surface area contributed by atoms with Crippen LogP contribution >= 0.6 is 11.6 Å². The van der Waals surface area contributed by atoms with Crippen molar-refractivity contribution in [3.8, 4) is 0 Å². The van der Waals surface area contributed by atoms with Gasteiger partial charge in [0.25, 0.3) is 0 Å². The normalized spacial score (nSPS) is 18.1. The Balaban J connectivity index is 1.70. The van der Waals surface area contributed by atoms with Gasteiger partial charge in [-0.2, -0.15) is 13.2 Å². The Morgan fingerprint density at radius 2 is 2.00 bits per heavy atom. The lowest BCUT2D eigenvalue weighted by Gasteiger charge is -2.19. The van der Waals surface area contributed by atoms with Gasteiger partial charge in [-0.05, 0) is 55.3 Å². The lowest BCUT2D eigenvalue weighted by atomic mass is 10.1. The molecule has 0 aliphatic heterocycles. The fourth-order valence-corrected chi connectivity index (χ4v) is 3.36. The van der Waals surface area contributed by atoms with Crippen LogP contribution in [0.1, 0.15) is 22.9 Å². The summed E-state index contributed by atoms with van der Waals surface area (Å²) in [6.45, 7) is 0. The first kappa shape index (κ1) is 17.9. The van der Waals surface area contributed by atoms with Crippen LogP contribution in [-0.4, -0.2) is 24.2 Å². The van der Waals surface area contributed by atoms with E-state index in [1.165, 1.54) is 25.4 Å². The average Bonchev–Trinajstić information content (AvgIpc) is 2.91. The van der Waals surface area contributed by atoms with Gasteiger partial charge in [0.2, 0.25) is 0 Å². The molecule has 25 heavy (non-hydrogen) atoms. The van der Waals surface area contributed by atoms with Crippen LogP contribution in [0.15, 0.2) is 30.5 Å². The van der Waals surface area contributed by atoms with E-state index >= 15 is 0 Å². The summed E-state index contributed by atoms with van der Waals surface area (Å²) in [4.78, 5) is 3.90. The Hall–Kier alpha value is -1.86. The van der Waals surface area contributed by atoms with Crippen molar-refractivity contribution in [3.05, 3.63) is 58.1 Å². The summed E-state index contributed by atoms with van der Waals surface area (Å²) in [5, 5.41) is 5.75. The molecule has 3 rings (SSSR count). The van der Waals surface area contributed by atoms with Gasteiger partial charge in [-0.25, -0.2) is 4.39 Å². The minimum absolute atomic E-state index is 0.0571. The number of halogens is 5. The Morgan fingerprint density at radius 1 is 1.24 bits per heavy atom. The Bertz CT molecular complexity index is 762. The first-order valence-electron chi connectivity index (χ1n) is 7.71. The molecule has 0 amide bonds. The smallest absolute Gasteiger partial charge is 0.380 e. The van der Waals surface area contributed by atoms with Gasteiger partial charge >= 0.3 is 6.18 Å². The third-order valence-electron chi connectivity index (χ3n) is 4.24. The van der Waals surface area contributed by atoms with E-state index in [9.17, 15) is 17.6 Å². The molecule has 2 atom stereocenters. The second-order valence-corrected chi connectivity index (χ2v) is 6.45. The molecule has 0 bridgehead atoms. The van der Waals surface area contributed by atoms with Gasteiger partial charge in [0.15, 0.2) is 0 Å². The first-order chi connectivity index (χ1) is 11.8. The largest absolute Gasteiger partial charge is 0.409 e. The van der Waals surface area contributed by atoms with Gasteiger partial charge in [-0.1, -0.05) is 11.6 Å². The number of nitrogens with zero attached hydrogens (tertiary/aromatic N) is 1. The highest BCUT2D eigenvalue weighted by Gasteiger charge is 2.40. The molecule has 0 fully saturated rings. The zero-order chi connectivity index (χ0) is 18.2. The van der Waals surface area contributed by atoms with Crippen LogP contribution in [0.3, 0.4) is 0 Å².